The van der Waals surface area contributed by atoms with E-state index in [0.717, 1.165) is 10.8 Å². The van der Waals surface area contributed by atoms with Crippen molar-refractivity contribution in [1.82, 2.24) is 5.32 Å². The third-order valence-electron chi connectivity index (χ3n) is 3.02. The lowest BCUT2D eigenvalue weighted by Gasteiger charge is -2.26. The Hall–Kier alpha value is -1.67. The molecule has 0 spiro atoms. The monoisotopic (exact) mass is 413 g/mol. The number of hydrogen-bond acceptors (Lipinski definition) is 7. The molecule has 0 aliphatic heterocycles. The summed E-state index contributed by atoms with van der Waals surface area (Å²) in [4.78, 5) is 38.0. The maximum Gasteiger partial charge on any atom is 0.329 e. The summed E-state index contributed by atoms with van der Waals surface area (Å²) in [6, 6.07) is 5.68. The summed E-state index contributed by atoms with van der Waals surface area (Å²) >= 11 is 4.14. The van der Waals surface area contributed by atoms with Crippen LogP contribution in [0.5, 0.6) is 0 Å². The van der Waals surface area contributed by atoms with Gasteiger partial charge in [-0.05, 0) is 53.7 Å². The third kappa shape index (κ3) is 8.71. The van der Waals surface area contributed by atoms with Crippen LogP contribution in [0.3, 0.4) is 0 Å². The van der Waals surface area contributed by atoms with Crippen LogP contribution >= 0.6 is 22.5 Å². The van der Waals surface area contributed by atoms with Crippen LogP contribution in [0.15, 0.2) is 29.2 Å². The molecule has 1 unspecified atom stereocenters. The summed E-state index contributed by atoms with van der Waals surface area (Å²) in [5.41, 5.74) is -1.10. The fourth-order valence-electron chi connectivity index (χ4n) is 2.09. The van der Waals surface area contributed by atoms with Gasteiger partial charge in [-0.3, -0.25) is 9.59 Å². The number of thiol groups is 1. The Morgan fingerprint density at radius 1 is 1.04 bits per heavy atom. The highest BCUT2D eigenvalue weighted by molar-refractivity contribution is 8.68. The molecule has 1 atom stereocenters. The molecular weight excluding hydrogens is 386 g/mol. The molecule has 0 bridgehead atoms. The lowest BCUT2D eigenvalue weighted by Crippen LogP contribution is -2.46. The zero-order valence-corrected chi connectivity index (χ0v) is 18.2. The number of ether oxygens (including phenoxy) is 2. The quantitative estimate of drug-likeness (QED) is 0.419. The summed E-state index contributed by atoms with van der Waals surface area (Å²) in [5.74, 6) is -1.79. The molecule has 1 N–H and O–H groups in total. The lowest BCUT2D eigenvalue weighted by atomic mass is 10.1. The predicted octanol–water partition coefficient (Wildman–Crippen LogP) is 3.80. The molecule has 0 aromatic heterocycles. The normalized spacial score (nSPS) is 12.9. The van der Waals surface area contributed by atoms with Crippen LogP contribution in [-0.2, 0) is 19.1 Å². The summed E-state index contributed by atoms with van der Waals surface area (Å²) in [6.45, 7) is 10.3. The maximum atomic E-state index is 12.7. The van der Waals surface area contributed by atoms with Gasteiger partial charge in [0.05, 0.1) is 12.0 Å². The first-order chi connectivity index (χ1) is 12.3. The topological polar surface area (TPSA) is 81.7 Å². The molecule has 6 nitrogen and oxygen atoms in total. The van der Waals surface area contributed by atoms with Crippen LogP contribution in [0.4, 0.5) is 0 Å². The minimum Gasteiger partial charge on any atom is -0.460 e. The Labute approximate surface area is 169 Å². The second-order valence-corrected chi connectivity index (χ2v) is 9.11. The number of rotatable bonds is 6. The van der Waals surface area contributed by atoms with Gasteiger partial charge in [0.2, 0.25) is 0 Å². The van der Waals surface area contributed by atoms with Gasteiger partial charge >= 0.3 is 11.9 Å². The first-order valence-corrected chi connectivity index (χ1v) is 10.4. The third-order valence-corrected chi connectivity index (χ3v) is 4.16. The number of esters is 2. The number of hydrogen-bond donors (Lipinski definition) is 2. The molecule has 0 saturated carbocycles. The van der Waals surface area contributed by atoms with Gasteiger partial charge in [0.15, 0.2) is 0 Å². The minimum absolute atomic E-state index is 0.325. The SMILES string of the molecule is CC(C)(C)OC(=O)CC(NC(=O)c1ccccc1SS)C(=O)OC(C)(C)C. The van der Waals surface area contributed by atoms with E-state index < -0.39 is 35.1 Å². The average Bonchev–Trinajstić information content (AvgIpc) is 2.50. The Bertz CT molecular complexity index is 692. The molecule has 1 aromatic carbocycles. The molecule has 1 aromatic rings. The molecule has 0 aliphatic carbocycles. The van der Waals surface area contributed by atoms with Gasteiger partial charge in [-0.2, -0.15) is 0 Å². The van der Waals surface area contributed by atoms with Crippen LogP contribution in [0.1, 0.15) is 58.3 Å². The van der Waals surface area contributed by atoms with E-state index >= 15 is 0 Å². The molecule has 8 heteroatoms. The van der Waals surface area contributed by atoms with Crippen molar-refractivity contribution in [3.05, 3.63) is 29.8 Å². The van der Waals surface area contributed by atoms with Crippen LogP contribution in [0, 0.1) is 0 Å². The van der Waals surface area contributed by atoms with E-state index in [0.29, 0.717) is 10.5 Å². The first kappa shape index (κ1) is 23.4. The highest BCUT2D eigenvalue weighted by Crippen LogP contribution is 2.25. The van der Waals surface area contributed by atoms with E-state index in [4.69, 9.17) is 9.47 Å². The smallest absolute Gasteiger partial charge is 0.329 e. The van der Waals surface area contributed by atoms with E-state index in [1.54, 1.807) is 65.8 Å². The maximum absolute atomic E-state index is 12.7. The largest absolute Gasteiger partial charge is 0.460 e. The molecule has 0 heterocycles. The van der Waals surface area contributed by atoms with E-state index in [-0.39, 0.29) is 6.42 Å². The van der Waals surface area contributed by atoms with Crippen LogP contribution in [0.25, 0.3) is 0 Å². The highest BCUT2D eigenvalue weighted by atomic mass is 33.1. The molecule has 0 radical (unpaired) electrons. The van der Waals surface area contributed by atoms with E-state index in [2.05, 4.69) is 17.0 Å². The van der Waals surface area contributed by atoms with Crippen molar-refractivity contribution in [3.63, 3.8) is 0 Å². The van der Waals surface area contributed by atoms with Gasteiger partial charge in [0.25, 0.3) is 5.91 Å². The van der Waals surface area contributed by atoms with Crippen LogP contribution in [0.2, 0.25) is 0 Å². The molecule has 0 fully saturated rings. The van der Waals surface area contributed by atoms with Crippen molar-refractivity contribution in [2.75, 3.05) is 0 Å². The van der Waals surface area contributed by atoms with Crippen molar-refractivity contribution in [2.24, 2.45) is 0 Å². The zero-order chi connectivity index (χ0) is 20.8. The zero-order valence-electron chi connectivity index (χ0n) is 16.5. The molecule has 150 valence electrons. The van der Waals surface area contributed by atoms with Crippen LogP contribution in [-0.4, -0.2) is 35.1 Å². The second-order valence-electron chi connectivity index (χ2n) is 7.94. The number of carbonyl (C=O) groups excluding carboxylic acids is 3. The molecule has 0 saturated heterocycles. The van der Waals surface area contributed by atoms with Gasteiger partial charge in [0.1, 0.15) is 17.2 Å². The van der Waals surface area contributed by atoms with Crippen molar-refractivity contribution < 1.29 is 23.9 Å². The van der Waals surface area contributed by atoms with Crippen molar-refractivity contribution in [3.8, 4) is 0 Å². The summed E-state index contributed by atoms with van der Waals surface area (Å²) in [7, 11) is 1.12. The summed E-state index contributed by atoms with van der Waals surface area (Å²) in [5, 5.41) is 2.59. The second kappa shape index (κ2) is 9.50. The Morgan fingerprint density at radius 2 is 1.59 bits per heavy atom. The van der Waals surface area contributed by atoms with Gasteiger partial charge < -0.3 is 14.8 Å². The molecule has 0 aliphatic rings. The van der Waals surface area contributed by atoms with E-state index in [9.17, 15) is 14.4 Å². The predicted molar refractivity (Wildman–Crippen MR) is 109 cm³/mol. The van der Waals surface area contributed by atoms with Gasteiger partial charge in [-0.25, -0.2) is 4.79 Å². The number of carbonyl (C=O) groups is 3. The number of amides is 1. The fourth-order valence-corrected chi connectivity index (χ4v) is 2.96. The lowest BCUT2D eigenvalue weighted by molar-refractivity contribution is -0.164. The van der Waals surface area contributed by atoms with Crippen molar-refractivity contribution in [1.29, 1.82) is 0 Å². The van der Waals surface area contributed by atoms with Crippen molar-refractivity contribution >= 4 is 40.3 Å². The Balaban J connectivity index is 3.01. The Morgan fingerprint density at radius 3 is 2.11 bits per heavy atom. The molecule has 27 heavy (non-hydrogen) atoms. The average molecular weight is 414 g/mol. The van der Waals surface area contributed by atoms with Gasteiger partial charge in [-0.1, -0.05) is 22.9 Å². The van der Waals surface area contributed by atoms with Crippen LogP contribution < -0.4 is 5.32 Å². The molecular formula is C19H27NO5S2. The fraction of sp³-hybridized carbons (Fsp3) is 0.526. The van der Waals surface area contributed by atoms with Gasteiger partial charge in [-0.15, -0.1) is 11.7 Å². The molecule has 1 rings (SSSR count). The highest BCUT2D eigenvalue weighted by Gasteiger charge is 2.31. The summed E-state index contributed by atoms with van der Waals surface area (Å²) in [6.07, 6.45) is -0.325. The summed E-state index contributed by atoms with van der Waals surface area (Å²) < 4.78 is 10.6. The minimum atomic E-state index is -1.16. The van der Waals surface area contributed by atoms with E-state index in [1.165, 1.54) is 0 Å². The van der Waals surface area contributed by atoms with Crippen molar-refractivity contribution in [2.45, 2.75) is 70.1 Å². The first-order valence-electron chi connectivity index (χ1n) is 8.48. The van der Waals surface area contributed by atoms with E-state index in [1.807, 2.05) is 0 Å². The number of nitrogens with one attached hydrogen (secondary N) is 1. The Kier molecular flexibility index (Phi) is 8.23. The standard InChI is InChI=1S/C19H27NO5S2/c1-18(2,3)24-15(21)11-13(17(23)25-19(4,5)6)20-16(22)12-9-7-8-10-14(12)27-26/h7-10,13,26H,11H2,1-6H3,(H,20,22). The number of benzene rings is 1. The molecule has 1 amide bonds. The van der Waals surface area contributed by atoms with Gasteiger partial charge in [0, 0.05) is 4.90 Å².